The molecule has 0 radical (unpaired) electrons. The SMILES string of the molecule is CC[C@H](N)CN1CCSCC1C. The van der Waals surface area contributed by atoms with Gasteiger partial charge in [0.1, 0.15) is 0 Å². The summed E-state index contributed by atoms with van der Waals surface area (Å²) in [5.41, 5.74) is 5.92. The van der Waals surface area contributed by atoms with E-state index in [1.165, 1.54) is 18.1 Å². The lowest BCUT2D eigenvalue weighted by molar-refractivity contribution is 0.217. The van der Waals surface area contributed by atoms with Crippen LogP contribution in [0.4, 0.5) is 0 Å². The van der Waals surface area contributed by atoms with E-state index in [0.717, 1.165) is 19.0 Å². The highest BCUT2D eigenvalue weighted by atomic mass is 32.2. The first-order valence-corrected chi connectivity index (χ1v) is 5.97. The Bertz CT molecular complexity index is 130. The van der Waals surface area contributed by atoms with Crippen LogP contribution in [-0.4, -0.2) is 41.6 Å². The van der Waals surface area contributed by atoms with Crippen LogP contribution in [0.1, 0.15) is 20.3 Å². The fourth-order valence-electron chi connectivity index (χ4n) is 1.46. The van der Waals surface area contributed by atoms with E-state index in [4.69, 9.17) is 5.73 Å². The van der Waals surface area contributed by atoms with Crippen molar-refractivity contribution in [1.82, 2.24) is 4.90 Å². The molecule has 0 aromatic rings. The fraction of sp³-hybridized carbons (Fsp3) is 1.00. The Kier molecular flexibility index (Phi) is 4.40. The summed E-state index contributed by atoms with van der Waals surface area (Å²) in [5.74, 6) is 2.55. The van der Waals surface area contributed by atoms with E-state index in [9.17, 15) is 0 Å². The number of thioether (sulfide) groups is 1. The van der Waals surface area contributed by atoms with Crippen molar-refractivity contribution in [1.29, 1.82) is 0 Å². The first-order chi connectivity index (χ1) is 5.74. The standard InChI is InChI=1S/C9H20N2S/c1-3-9(10)6-11-4-5-12-7-8(11)2/h8-9H,3-7,10H2,1-2H3/t8?,9-/m0/s1. The molecule has 12 heavy (non-hydrogen) atoms. The van der Waals surface area contributed by atoms with E-state index < -0.39 is 0 Å². The number of hydrogen-bond acceptors (Lipinski definition) is 3. The maximum Gasteiger partial charge on any atom is 0.0165 e. The molecule has 1 aliphatic rings. The zero-order valence-corrected chi connectivity index (χ0v) is 8.94. The highest BCUT2D eigenvalue weighted by Gasteiger charge is 2.19. The molecule has 0 aromatic heterocycles. The van der Waals surface area contributed by atoms with Gasteiger partial charge in [0.05, 0.1) is 0 Å². The molecule has 0 spiro atoms. The summed E-state index contributed by atoms with van der Waals surface area (Å²) in [6.07, 6.45) is 1.09. The minimum atomic E-state index is 0.371. The molecule has 72 valence electrons. The van der Waals surface area contributed by atoms with Crippen molar-refractivity contribution < 1.29 is 0 Å². The van der Waals surface area contributed by atoms with Crippen molar-refractivity contribution in [2.24, 2.45) is 5.73 Å². The Morgan fingerprint density at radius 1 is 1.67 bits per heavy atom. The van der Waals surface area contributed by atoms with Gasteiger partial charge >= 0.3 is 0 Å². The number of nitrogens with two attached hydrogens (primary N) is 1. The van der Waals surface area contributed by atoms with Gasteiger partial charge in [0.2, 0.25) is 0 Å². The number of rotatable bonds is 3. The van der Waals surface area contributed by atoms with Crippen molar-refractivity contribution in [3.63, 3.8) is 0 Å². The number of hydrogen-bond donors (Lipinski definition) is 1. The Morgan fingerprint density at radius 3 is 3.00 bits per heavy atom. The van der Waals surface area contributed by atoms with Gasteiger partial charge in [-0.1, -0.05) is 6.92 Å². The third-order valence-electron chi connectivity index (χ3n) is 2.50. The molecule has 0 amide bonds. The zero-order valence-electron chi connectivity index (χ0n) is 8.12. The smallest absolute Gasteiger partial charge is 0.0165 e. The van der Waals surface area contributed by atoms with E-state index in [0.29, 0.717) is 6.04 Å². The average Bonchev–Trinajstić information content (AvgIpc) is 2.09. The van der Waals surface area contributed by atoms with Gasteiger partial charge in [-0.25, -0.2) is 0 Å². The van der Waals surface area contributed by atoms with Crippen LogP contribution in [0.3, 0.4) is 0 Å². The molecule has 1 rings (SSSR count). The molecule has 0 saturated carbocycles. The molecule has 1 aliphatic heterocycles. The van der Waals surface area contributed by atoms with Crippen molar-refractivity contribution >= 4 is 11.8 Å². The molecule has 3 heteroatoms. The van der Waals surface area contributed by atoms with Gasteiger partial charge in [0, 0.05) is 36.7 Å². The van der Waals surface area contributed by atoms with Crippen molar-refractivity contribution in [3.05, 3.63) is 0 Å². The predicted octanol–water partition coefficient (Wildman–Crippen LogP) is 1.16. The summed E-state index contributed by atoms with van der Waals surface area (Å²) in [7, 11) is 0. The van der Waals surface area contributed by atoms with Gasteiger partial charge in [-0.3, -0.25) is 4.90 Å². The van der Waals surface area contributed by atoms with E-state index in [1.54, 1.807) is 0 Å². The summed E-state index contributed by atoms with van der Waals surface area (Å²) < 4.78 is 0. The molecule has 2 N–H and O–H groups in total. The average molecular weight is 188 g/mol. The molecular weight excluding hydrogens is 168 g/mol. The van der Waals surface area contributed by atoms with Crippen LogP contribution in [0.2, 0.25) is 0 Å². The monoisotopic (exact) mass is 188 g/mol. The lowest BCUT2D eigenvalue weighted by Crippen LogP contribution is -2.46. The highest BCUT2D eigenvalue weighted by Crippen LogP contribution is 2.15. The first-order valence-electron chi connectivity index (χ1n) is 4.81. The van der Waals surface area contributed by atoms with E-state index in [1.807, 2.05) is 0 Å². The molecule has 2 atom stereocenters. The van der Waals surface area contributed by atoms with Gasteiger partial charge in [-0.05, 0) is 13.3 Å². The second-order valence-electron chi connectivity index (χ2n) is 3.59. The molecule has 2 nitrogen and oxygen atoms in total. The Hall–Kier alpha value is 0.270. The summed E-state index contributed by atoms with van der Waals surface area (Å²) in [6, 6.07) is 1.09. The van der Waals surface area contributed by atoms with Crippen LogP contribution in [0.5, 0.6) is 0 Å². The van der Waals surface area contributed by atoms with Crippen LogP contribution in [0, 0.1) is 0 Å². The maximum absolute atomic E-state index is 5.92. The molecule has 1 heterocycles. The third kappa shape index (κ3) is 2.96. The van der Waals surface area contributed by atoms with Crippen molar-refractivity contribution in [3.8, 4) is 0 Å². The normalized spacial score (nSPS) is 28.8. The minimum absolute atomic E-state index is 0.371. The van der Waals surface area contributed by atoms with Gasteiger partial charge in [-0.2, -0.15) is 11.8 Å². The van der Waals surface area contributed by atoms with Gasteiger partial charge in [0.25, 0.3) is 0 Å². The maximum atomic E-state index is 5.92. The van der Waals surface area contributed by atoms with Gasteiger partial charge in [0.15, 0.2) is 0 Å². The quantitative estimate of drug-likeness (QED) is 0.721. The van der Waals surface area contributed by atoms with Crippen molar-refractivity contribution in [2.45, 2.75) is 32.4 Å². The topological polar surface area (TPSA) is 29.3 Å². The van der Waals surface area contributed by atoms with E-state index >= 15 is 0 Å². The van der Waals surface area contributed by atoms with Crippen LogP contribution in [0.15, 0.2) is 0 Å². The van der Waals surface area contributed by atoms with E-state index in [2.05, 4.69) is 30.5 Å². The summed E-state index contributed by atoms with van der Waals surface area (Å²) in [6.45, 7) is 6.76. The Balaban J connectivity index is 2.28. The molecule has 1 saturated heterocycles. The fourth-order valence-corrected chi connectivity index (χ4v) is 2.55. The van der Waals surface area contributed by atoms with E-state index in [-0.39, 0.29) is 0 Å². The predicted molar refractivity (Wildman–Crippen MR) is 56.6 cm³/mol. The summed E-state index contributed by atoms with van der Waals surface area (Å²) in [5, 5.41) is 0. The second kappa shape index (κ2) is 5.10. The third-order valence-corrected chi connectivity index (χ3v) is 3.69. The lowest BCUT2D eigenvalue weighted by Gasteiger charge is -2.34. The van der Waals surface area contributed by atoms with Crippen LogP contribution >= 0.6 is 11.8 Å². The number of nitrogens with zero attached hydrogens (tertiary/aromatic N) is 1. The molecule has 1 unspecified atom stereocenters. The lowest BCUT2D eigenvalue weighted by atomic mass is 10.2. The molecular formula is C9H20N2S. The molecule has 1 fully saturated rings. The first kappa shape index (κ1) is 10.4. The van der Waals surface area contributed by atoms with Crippen LogP contribution in [-0.2, 0) is 0 Å². The van der Waals surface area contributed by atoms with Crippen molar-refractivity contribution in [2.75, 3.05) is 24.6 Å². The minimum Gasteiger partial charge on any atom is -0.327 e. The van der Waals surface area contributed by atoms with Crippen LogP contribution in [0.25, 0.3) is 0 Å². The largest absolute Gasteiger partial charge is 0.327 e. The van der Waals surface area contributed by atoms with Crippen LogP contribution < -0.4 is 5.73 Å². The molecule has 0 aromatic carbocycles. The van der Waals surface area contributed by atoms with Gasteiger partial charge in [-0.15, -0.1) is 0 Å². The summed E-state index contributed by atoms with van der Waals surface area (Å²) in [4.78, 5) is 2.52. The molecule has 0 aliphatic carbocycles. The Morgan fingerprint density at radius 2 is 2.42 bits per heavy atom. The Labute approximate surface area is 79.9 Å². The van der Waals surface area contributed by atoms with Gasteiger partial charge < -0.3 is 5.73 Å². The second-order valence-corrected chi connectivity index (χ2v) is 4.74. The molecule has 0 bridgehead atoms. The zero-order chi connectivity index (χ0) is 8.97. The highest BCUT2D eigenvalue weighted by molar-refractivity contribution is 7.99. The summed E-state index contributed by atoms with van der Waals surface area (Å²) >= 11 is 2.06.